The van der Waals surface area contributed by atoms with Crippen molar-refractivity contribution < 1.29 is 9.53 Å². The van der Waals surface area contributed by atoms with Gasteiger partial charge in [-0.25, -0.2) is 4.79 Å². The molecule has 0 saturated carbocycles. The lowest BCUT2D eigenvalue weighted by atomic mass is 9.63. The van der Waals surface area contributed by atoms with Crippen LogP contribution in [0.4, 0.5) is 0 Å². The molecule has 0 spiro atoms. The van der Waals surface area contributed by atoms with Gasteiger partial charge in [0.05, 0.1) is 12.0 Å². The first-order chi connectivity index (χ1) is 18.7. The van der Waals surface area contributed by atoms with E-state index in [0.717, 1.165) is 5.52 Å². The maximum atomic E-state index is 12.3. The van der Waals surface area contributed by atoms with Crippen LogP contribution in [-0.2, 0) is 14.9 Å². The molecule has 0 unspecified atom stereocenters. The zero-order chi connectivity index (χ0) is 26.0. The number of carbonyl (C=O) groups excluding carboxylic acids is 1. The Morgan fingerprint density at radius 3 is 2.03 bits per heavy atom. The fraction of sp³-hybridized carbons (Fsp3) is 0.171. The molecule has 188 valence electrons. The number of esters is 1. The Hall–Kier alpha value is -4.37. The number of rotatable bonds is 7. The van der Waals surface area contributed by atoms with Gasteiger partial charge in [0.25, 0.3) is 0 Å². The van der Waals surface area contributed by atoms with Crippen LogP contribution in [0.25, 0.3) is 10.9 Å². The Kier molecular flexibility index (Phi) is 6.43. The molecular weight excluding hydrogens is 466 g/mol. The summed E-state index contributed by atoms with van der Waals surface area (Å²) in [6, 6.07) is 41.1. The maximum absolute atomic E-state index is 12.3. The third-order valence-electron chi connectivity index (χ3n) is 7.96. The Morgan fingerprint density at radius 1 is 0.816 bits per heavy atom. The topological polar surface area (TPSA) is 42.1 Å². The molecule has 1 aromatic heterocycles. The highest BCUT2D eigenvalue weighted by Gasteiger charge is 2.55. The minimum atomic E-state index is -0.448. The second kappa shape index (κ2) is 10.2. The van der Waals surface area contributed by atoms with Crippen molar-refractivity contribution >= 4 is 16.9 Å². The molecule has 1 aliphatic rings. The van der Waals surface area contributed by atoms with E-state index in [1.54, 1.807) is 6.08 Å². The Morgan fingerprint density at radius 2 is 1.39 bits per heavy atom. The van der Waals surface area contributed by atoms with Crippen molar-refractivity contribution in [3.63, 3.8) is 0 Å². The van der Waals surface area contributed by atoms with Gasteiger partial charge in [-0.15, -0.1) is 0 Å². The van der Waals surface area contributed by atoms with Crippen LogP contribution < -0.4 is 0 Å². The molecule has 1 N–H and O–H groups in total. The highest BCUT2D eigenvalue weighted by Crippen LogP contribution is 2.61. The van der Waals surface area contributed by atoms with E-state index in [1.807, 2.05) is 13.0 Å². The molecule has 0 aliphatic heterocycles. The molecular formula is C35H31NO2. The van der Waals surface area contributed by atoms with Crippen molar-refractivity contribution in [2.24, 2.45) is 5.92 Å². The third kappa shape index (κ3) is 3.86. The lowest BCUT2D eigenvalue weighted by Crippen LogP contribution is -2.36. The second-order valence-electron chi connectivity index (χ2n) is 9.88. The number of para-hydroxylation sites is 1. The summed E-state index contributed by atoms with van der Waals surface area (Å²) in [7, 11) is 0. The molecule has 3 heteroatoms. The molecule has 1 aliphatic carbocycles. The molecule has 5 aromatic rings. The van der Waals surface area contributed by atoms with Gasteiger partial charge in [0, 0.05) is 28.6 Å². The van der Waals surface area contributed by atoms with E-state index >= 15 is 0 Å². The second-order valence-corrected chi connectivity index (χ2v) is 9.88. The summed E-state index contributed by atoms with van der Waals surface area (Å²) >= 11 is 0. The summed E-state index contributed by atoms with van der Waals surface area (Å²) in [6.45, 7) is 2.20. The molecule has 0 saturated heterocycles. The van der Waals surface area contributed by atoms with E-state index in [-0.39, 0.29) is 17.8 Å². The SMILES string of the molecule is CCOC(=O)/C=C/C[C@H]1[C@H](c2ccccc2)c2c([nH]c3ccccc23)C1(c1ccccc1)c1ccccc1. The summed E-state index contributed by atoms with van der Waals surface area (Å²) < 4.78 is 5.21. The highest BCUT2D eigenvalue weighted by atomic mass is 16.5. The number of fused-ring (bicyclic) bond motifs is 3. The van der Waals surface area contributed by atoms with Gasteiger partial charge in [0.1, 0.15) is 0 Å². The lowest BCUT2D eigenvalue weighted by Gasteiger charge is -2.39. The Bertz CT molecular complexity index is 1530. The monoisotopic (exact) mass is 497 g/mol. The molecule has 3 nitrogen and oxygen atoms in total. The van der Waals surface area contributed by atoms with Crippen molar-refractivity contribution in [1.29, 1.82) is 0 Å². The number of carbonyl (C=O) groups is 1. The van der Waals surface area contributed by atoms with Gasteiger partial charge in [-0.2, -0.15) is 0 Å². The van der Waals surface area contributed by atoms with Crippen LogP contribution in [-0.4, -0.2) is 17.6 Å². The van der Waals surface area contributed by atoms with Crippen LogP contribution in [0.5, 0.6) is 0 Å². The van der Waals surface area contributed by atoms with Crippen LogP contribution in [0.15, 0.2) is 127 Å². The molecule has 1 heterocycles. The van der Waals surface area contributed by atoms with E-state index in [1.165, 1.54) is 33.3 Å². The standard InChI is InChI=1S/C35H31NO2/c1-2-38-31(37)24-14-22-29-32(25-15-6-3-7-16-25)33-28-21-12-13-23-30(28)36-34(33)35(29,26-17-8-4-9-18-26)27-19-10-5-11-20-27/h3-21,23-24,29,32,36H,2,22H2,1H3/b24-14+/t29-,32-/m0/s1. The Labute approximate surface area is 223 Å². The van der Waals surface area contributed by atoms with E-state index in [2.05, 4.69) is 120 Å². The summed E-state index contributed by atoms with van der Waals surface area (Å²) in [6.07, 6.45) is 4.31. The first kappa shape index (κ1) is 24.0. The number of hydrogen-bond donors (Lipinski definition) is 1. The first-order valence-corrected chi connectivity index (χ1v) is 13.4. The van der Waals surface area contributed by atoms with Crippen LogP contribution in [0.1, 0.15) is 47.2 Å². The fourth-order valence-electron chi connectivity index (χ4n) is 6.59. The number of aromatic amines is 1. The molecule has 0 radical (unpaired) electrons. The predicted molar refractivity (Wildman–Crippen MR) is 153 cm³/mol. The van der Waals surface area contributed by atoms with Crippen molar-refractivity contribution in [3.8, 4) is 0 Å². The molecule has 4 aromatic carbocycles. The quantitative estimate of drug-likeness (QED) is 0.184. The van der Waals surface area contributed by atoms with Gasteiger partial charge in [-0.05, 0) is 47.6 Å². The average molecular weight is 498 g/mol. The van der Waals surface area contributed by atoms with Crippen molar-refractivity contribution in [1.82, 2.24) is 4.98 Å². The van der Waals surface area contributed by atoms with Crippen LogP contribution in [0.2, 0.25) is 0 Å². The van der Waals surface area contributed by atoms with Gasteiger partial charge < -0.3 is 9.72 Å². The van der Waals surface area contributed by atoms with E-state index in [4.69, 9.17) is 4.74 Å². The van der Waals surface area contributed by atoms with E-state index in [9.17, 15) is 4.79 Å². The fourth-order valence-corrected chi connectivity index (χ4v) is 6.59. The summed E-state index contributed by atoms with van der Waals surface area (Å²) in [5, 5.41) is 1.25. The predicted octanol–water partition coefficient (Wildman–Crippen LogP) is 7.77. The minimum absolute atomic E-state index is 0.117. The van der Waals surface area contributed by atoms with E-state index in [0.29, 0.717) is 13.0 Å². The Balaban J connectivity index is 1.68. The van der Waals surface area contributed by atoms with E-state index < -0.39 is 5.41 Å². The number of hydrogen-bond acceptors (Lipinski definition) is 2. The van der Waals surface area contributed by atoms with Gasteiger partial charge in [0.15, 0.2) is 0 Å². The minimum Gasteiger partial charge on any atom is -0.463 e. The number of allylic oxidation sites excluding steroid dienone is 1. The number of nitrogens with one attached hydrogen (secondary N) is 1. The van der Waals surface area contributed by atoms with Gasteiger partial charge in [-0.3, -0.25) is 0 Å². The van der Waals surface area contributed by atoms with Crippen LogP contribution >= 0.6 is 0 Å². The van der Waals surface area contributed by atoms with Crippen molar-refractivity contribution in [2.75, 3.05) is 6.61 Å². The van der Waals surface area contributed by atoms with Crippen LogP contribution in [0.3, 0.4) is 0 Å². The average Bonchev–Trinajstić information content (AvgIpc) is 3.47. The number of ether oxygens (including phenoxy) is 1. The molecule has 0 fully saturated rings. The number of aromatic nitrogens is 1. The van der Waals surface area contributed by atoms with Gasteiger partial charge >= 0.3 is 5.97 Å². The molecule has 6 rings (SSSR count). The van der Waals surface area contributed by atoms with Crippen molar-refractivity contribution in [2.45, 2.75) is 24.7 Å². The van der Waals surface area contributed by atoms with Crippen molar-refractivity contribution in [3.05, 3.63) is 155 Å². The molecule has 0 amide bonds. The number of H-pyrrole nitrogens is 1. The highest BCUT2D eigenvalue weighted by molar-refractivity contribution is 5.89. The molecule has 2 atom stereocenters. The largest absolute Gasteiger partial charge is 0.463 e. The summed E-state index contributed by atoms with van der Waals surface area (Å²) in [5.41, 5.74) is 7.04. The normalized spacial score (nSPS) is 18.0. The van der Waals surface area contributed by atoms with Gasteiger partial charge in [0.2, 0.25) is 0 Å². The smallest absolute Gasteiger partial charge is 0.330 e. The number of benzene rings is 4. The van der Waals surface area contributed by atoms with Gasteiger partial charge in [-0.1, -0.05) is 115 Å². The summed E-state index contributed by atoms with van der Waals surface area (Å²) in [5.74, 6) is -0.0587. The third-order valence-corrected chi connectivity index (χ3v) is 7.96. The zero-order valence-corrected chi connectivity index (χ0v) is 21.5. The first-order valence-electron chi connectivity index (χ1n) is 13.4. The molecule has 0 bridgehead atoms. The summed E-state index contributed by atoms with van der Waals surface area (Å²) in [4.78, 5) is 16.2. The van der Waals surface area contributed by atoms with Crippen LogP contribution in [0, 0.1) is 5.92 Å². The molecule has 38 heavy (non-hydrogen) atoms. The maximum Gasteiger partial charge on any atom is 0.330 e. The lowest BCUT2D eigenvalue weighted by molar-refractivity contribution is -0.137. The zero-order valence-electron chi connectivity index (χ0n) is 21.5.